The van der Waals surface area contributed by atoms with Gasteiger partial charge in [-0.1, -0.05) is 23.7 Å². The SMILES string of the molecule is O=C(OCc1cccc(Cl)c1)N1CCN(C(=O)c2ccc(F)cc2)CC1. The van der Waals surface area contributed by atoms with E-state index in [2.05, 4.69) is 0 Å². The molecule has 2 aromatic carbocycles. The van der Waals surface area contributed by atoms with E-state index in [9.17, 15) is 14.0 Å². The molecule has 0 atom stereocenters. The van der Waals surface area contributed by atoms with Crippen LogP contribution in [0.3, 0.4) is 0 Å². The van der Waals surface area contributed by atoms with E-state index in [1.165, 1.54) is 24.3 Å². The first-order valence-electron chi connectivity index (χ1n) is 8.24. The van der Waals surface area contributed by atoms with Crippen LogP contribution < -0.4 is 0 Å². The molecule has 1 heterocycles. The second-order valence-electron chi connectivity index (χ2n) is 5.97. The normalized spacial score (nSPS) is 14.2. The number of carbonyl (C=O) groups excluding carboxylic acids is 2. The molecule has 136 valence electrons. The lowest BCUT2D eigenvalue weighted by Gasteiger charge is -2.34. The highest BCUT2D eigenvalue weighted by molar-refractivity contribution is 6.30. The monoisotopic (exact) mass is 376 g/mol. The second kappa shape index (κ2) is 8.19. The minimum Gasteiger partial charge on any atom is -0.445 e. The number of halogens is 2. The minimum atomic E-state index is -0.418. The van der Waals surface area contributed by atoms with Gasteiger partial charge in [-0.05, 0) is 42.0 Å². The number of ether oxygens (including phenoxy) is 1. The number of rotatable bonds is 3. The Morgan fingerprint density at radius 1 is 1.00 bits per heavy atom. The van der Waals surface area contributed by atoms with Crippen molar-refractivity contribution in [1.29, 1.82) is 0 Å². The van der Waals surface area contributed by atoms with Crippen molar-refractivity contribution in [1.82, 2.24) is 9.80 Å². The number of hydrogen-bond donors (Lipinski definition) is 0. The van der Waals surface area contributed by atoms with E-state index in [-0.39, 0.29) is 18.3 Å². The minimum absolute atomic E-state index is 0.147. The standard InChI is InChI=1S/C19H18ClFN2O3/c20-16-3-1-2-14(12-16)13-26-19(25)23-10-8-22(9-11-23)18(24)15-4-6-17(21)7-5-15/h1-7,12H,8-11,13H2. The molecule has 2 aromatic rings. The first-order valence-corrected chi connectivity index (χ1v) is 8.62. The molecule has 1 fully saturated rings. The maximum atomic E-state index is 13.0. The molecule has 0 saturated carbocycles. The van der Waals surface area contributed by atoms with Gasteiger partial charge in [0.15, 0.2) is 0 Å². The average molecular weight is 377 g/mol. The van der Waals surface area contributed by atoms with Crippen molar-refractivity contribution in [3.05, 3.63) is 70.5 Å². The highest BCUT2D eigenvalue weighted by atomic mass is 35.5. The Bertz CT molecular complexity index is 790. The van der Waals surface area contributed by atoms with Gasteiger partial charge < -0.3 is 14.5 Å². The van der Waals surface area contributed by atoms with Crippen LogP contribution in [-0.2, 0) is 11.3 Å². The Hall–Kier alpha value is -2.60. The fraction of sp³-hybridized carbons (Fsp3) is 0.263. The van der Waals surface area contributed by atoms with Crippen LogP contribution in [-0.4, -0.2) is 48.0 Å². The lowest BCUT2D eigenvalue weighted by molar-refractivity contribution is 0.0544. The molecule has 26 heavy (non-hydrogen) atoms. The van der Waals surface area contributed by atoms with E-state index in [0.29, 0.717) is 36.8 Å². The van der Waals surface area contributed by atoms with Crippen LogP contribution in [0.15, 0.2) is 48.5 Å². The lowest BCUT2D eigenvalue weighted by Crippen LogP contribution is -2.50. The van der Waals surface area contributed by atoms with Crippen molar-refractivity contribution < 1.29 is 18.7 Å². The zero-order chi connectivity index (χ0) is 18.5. The van der Waals surface area contributed by atoms with Crippen molar-refractivity contribution in [3.63, 3.8) is 0 Å². The number of amides is 2. The Labute approximate surface area is 155 Å². The van der Waals surface area contributed by atoms with Gasteiger partial charge >= 0.3 is 6.09 Å². The van der Waals surface area contributed by atoms with E-state index >= 15 is 0 Å². The van der Waals surface area contributed by atoms with Crippen molar-refractivity contribution in [2.45, 2.75) is 6.61 Å². The quantitative estimate of drug-likeness (QED) is 0.822. The van der Waals surface area contributed by atoms with Gasteiger partial charge in [-0.25, -0.2) is 9.18 Å². The number of hydrogen-bond acceptors (Lipinski definition) is 3. The summed E-state index contributed by atoms with van der Waals surface area (Å²) in [6.45, 7) is 1.74. The summed E-state index contributed by atoms with van der Waals surface area (Å²) >= 11 is 5.90. The summed E-state index contributed by atoms with van der Waals surface area (Å²) in [6.07, 6.45) is -0.418. The van der Waals surface area contributed by atoms with Gasteiger partial charge in [-0.15, -0.1) is 0 Å². The van der Waals surface area contributed by atoms with Gasteiger partial charge in [0.2, 0.25) is 0 Å². The van der Waals surface area contributed by atoms with Crippen molar-refractivity contribution in [3.8, 4) is 0 Å². The first kappa shape index (κ1) is 18.2. The zero-order valence-electron chi connectivity index (χ0n) is 14.0. The smallest absolute Gasteiger partial charge is 0.410 e. The molecule has 3 rings (SSSR count). The lowest BCUT2D eigenvalue weighted by atomic mass is 10.2. The third-order valence-electron chi connectivity index (χ3n) is 4.17. The van der Waals surface area contributed by atoms with E-state index in [1.807, 2.05) is 6.07 Å². The molecule has 5 nitrogen and oxygen atoms in total. The molecule has 0 spiro atoms. The summed E-state index contributed by atoms with van der Waals surface area (Å²) in [6, 6.07) is 12.6. The van der Waals surface area contributed by atoms with Gasteiger partial charge in [0, 0.05) is 36.8 Å². The van der Waals surface area contributed by atoms with Gasteiger partial charge in [0.25, 0.3) is 5.91 Å². The van der Waals surface area contributed by atoms with Crippen LogP contribution in [0.4, 0.5) is 9.18 Å². The molecular weight excluding hydrogens is 359 g/mol. The van der Waals surface area contributed by atoms with Gasteiger partial charge in [0.05, 0.1) is 0 Å². The number of nitrogens with zero attached hydrogens (tertiary/aromatic N) is 2. The van der Waals surface area contributed by atoms with Crippen LogP contribution in [0.25, 0.3) is 0 Å². The fourth-order valence-electron chi connectivity index (χ4n) is 2.73. The largest absolute Gasteiger partial charge is 0.445 e. The summed E-state index contributed by atoms with van der Waals surface area (Å²) in [4.78, 5) is 27.8. The van der Waals surface area contributed by atoms with Gasteiger partial charge in [0.1, 0.15) is 12.4 Å². The van der Waals surface area contributed by atoms with E-state index < -0.39 is 6.09 Å². The van der Waals surface area contributed by atoms with E-state index in [0.717, 1.165) is 5.56 Å². The molecule has 0 bridgehead atoms. The van der Waals surface area contributed by atoms with E-state index in [1.54, 1.807) is 28.0 Å². The highest BCUT2D eigenvalue weighted by Gasteiger charge is 2.25. The Morgan fingerprint density at radius 2 is 1.65 bits per heavy atom. The second-order valence-corrected chi connectivity index (χ2v) is 6.41. The Kier molecular flexibility index (Phi) is 5.73. The highest BCUT2D eigenvalue weighted by Crippen LogP contribution is 2.14. The maximum absolute atomic E-state index is 13.0. The third kappa shape index (κ3) is 4.52. The summed E-state index contributed by atoms with van der Waals surface area (Å²) in [5.74, 6) is -0.550. The van der Waals surface area contributed by atoms with Crippen molar-refractivity contribution >= 4 is 23.6 Å². The number of carbonyl (C=O) groups is 2. The Morgan fingerprint density at radius 3 is 2.31 bits per heavy atom. The molecular formula is C19H18ClFN2O3. The molecule has 0 unspecified atom stereocenters. The zero-order valence-corrected chi connectivity index (χ0v) is 14.8. The fourth-order valence-corrected chi connectivity index (χ4v) is 2.94. The summed E-state index contributed by atoms with van der Waals surface area (Å²) in [7, 11) is 0. The van der Waals surface area contributed by atoms with Crippen LogP contribution >= 0.6 is 11.6 Å². The predicted octanol–water partition coefficient (Wildman–Crippen LogP) is 3.57. The summed E-state index contributed by atoms with van der Waals surface area (Å²) in [5.41, 5.74) is 1.25. The van der Waals surface area contributed by atoms with Crippen molar-refractivity contribution in [2.75, 3.05) is 26.2 Å². The summed E-state index contributed by atoms with van der Waals surface area (Å²) < 4.78 is 18.3. The topological polar surface area (TPSA) is 49.9 Å². The molecule has 2 amide bonds. The van der Waals surface area contributed by atoms with Crippen molar-refractivity contribution in [2.24, 2.45) is 0 Å². The molecule has 1 saturated heterocycles. The molecule has 1 aliphatic heterocycles. The van der Waals surface area contributed by atoms with Crippen LogP contribution in [0.2, 0.25) is 5.02 Å². The molecule has 0 aromatic heterocycles. The summed E-state index contributed by atoms with van der Waals surface area (Å²) in [5, 5.41) is 0.589. The van der Waals surface area contributed by atoms with Gasteiger partial charge in [-0.2, -0.15) is 0 Å². The maximum Gasteiger partial charge on any atom is 0.410 e. The average Bonchev–Trinajstić information content (AvgIpc) is 2.66. The number of piperazine rings is 1. The molecule has 7 heteroatoms. The first-order chi connectivity index (χ1) is 12.5. The molecule has 0 aliphatic carbocycles. The Balaban J connectivity index is 1.49. The third-order valence-corrected chi connectivity index (χ3v) is 4.40. The number of benzene rings is 2. The molecule has 1 aliphatic rings. The predicted molar refractivity (Wildman–Crippen MR) is 95.5 cm³/mol. The van der Waals surface area contributed by atoms with Gasteiger partial charge in [-0.3, -0.25) is 4.79 Å². The van der Waals surface area contributed by atoms with Crippen LogP contribution in [0, 0.1) is 5.82 Å². The molecule has 0 N–H and O–H groups in total. The van der Waals surface area contributed by atoms with Crippen LogP contribution in [0.5, 0.6) is 0 Å². The van der Waals surface area contributed by atoms with Crippen LogP contribution in [0.1, 0.15) is 15.9 Å². The molecule has 0 radical (unpaired) electrons. The van der Waals surface area contributed by atoms with E-state index in [4.69, 9.17) is 16.3 Å².